The Bertz CT molecular complexity index is 750. The standard InChI is InChI=1S/C14H17BBrN3O2/c1-13(2)14(3,4)21-15(20-13)10-5-6-17-12(7-10)19-8-11(16)18-9-19/h5-9H,1-4H3/i8D,9D. The molecule has 0 amide bonds. The number of rotatable bonds is 2. The predicted octanol–water partition coefficient (Wildman–Crippen LogP) is 2.33. The van der Waals surface area contributed by atoms with E-state index in [1.807, 2.05) is 33.8 Å². The first-order valence-electron chi connectivity index (χ1n) is 7.66. The van der Waals surface area contributed by atoms with Crippen LogP contribution in [-0.2, 0) is 9.31 Å². The Hall–Kier alpha value is -1.18. The summed E-state index contributed by atoms with van der Waals surface area (Å²) < 4.78 is 29.6. The van der Waals surface area contributed by atoms with E-state index in [9.17, 15) is 0 Å². The van der Waals surface area contributed by atoms with Crippen molar-refractivity contribution in [2.45, 2.75) is 38.9 Å². The molecule has 0 atom stereocenters. The number of pyridine rings is 1. The van der Waals surface area contributed by atoms with E-state index >= 15 is 0 Å². The Morgan fingerprint density at radius 1 is 1.24 bits per heavy atom. The van der Waals surface area contributed by atoms with Gasteiger partial charge in [0, 0.05) is 12.4 Å². The lowest BCUT2D eigenvalue weighted by Crippen LogP contribution is -2.41. The minimum atomic E-state index is -0.517. The number of nitrogens with zero attached hydrogens (tertiary/aromatic N) is 3. The second kappa shape index (κ2) is 4.93. The molecule has 0 aliphatic carbocycles. The van der Waals surface area contributed by atoms with Crippen LogP contribution in [0.4, 0.5) is 0 Å². The summed E-state index contributed by atoms with van der Waals surface area (Å²) in [6, 6.07) is 3.57. The van der Waals surface area contributed by atoms with Gasteiger partial charge in [0.25, 0.3) is 0 Å². The van der Waals surface area contributed by atoms with Gasteiger partial charge >= 0.3 is 7.12 Å². The number of imidazole rings is 1. The van der Waals surface area contributed by atoms with Crippen molar-refractivity contribution in [1.82, 2.24) is 14.5 Å². The lowest BCUT2D eigenvalue weighted by Gasteiger charge is -2.32. The third-order valence-electron chi connectivity index (χ3n) is 3.98. The largest absolute Gasteiger partial charge is 0.495 e. The molecule has 0 spiro atoms. The maximum absolute atomic E-state index is 7.99. The fourth-order valence-electron chi connectivity index (χ4n) is 2.03. The summed E-state index contributed by atoms with van der Waals surface area (Å²) in [5.41, 5.74) is -0.0714. The van der Waals surface area contributed by atoms with Crippen LogP contribution in [0, 0.1) is 0 Å². The molecule has 0 unspecified atom stereocenters. The van der Waals surface area contributed by atoms with Gasteiger partial charge in [0.05, 0.1) is 12.6 Å². The van der Waals surface area contributed by atoms with Crippen molar-refractivity contribution in [3.8, 4) is 5.82 Å². The molecule has 110 valence electrons. The molecule has 1 aliphatic rings. The van der Waals surface area contributed by atoms with E-state index in [0.717, 1.165) is 5.46 Å². The Kier molecular flexibility index (Phi) is 2.91. The number of aromatic nitrogens is 3. The van der Waals surface area contributed by atoms with Crippen LogP contribution in [0.5, 0.6) is 0 Å². The topological polar surface area (TPSA) is 49.2 Å². The monoisotopic (exact) mass is 351 g/mol. The van der Waals surface area contributed by atoms with Crippen molar-refractivity contribution in [1.29, 1.82) is 0 Å². The molecule has 1 aliphatic heterocycles. The zero-order chi connectivity index (χ0) is 17.0. The van der Waals surface area contributed by atoms with Crippen molar-refractivity contribution in [3.63, 3.8) is 0 Å². The van der Waals surface area contributed by atoms with E-state index in [4.69, 9.17) is 12.1 Å². The smallest absolute Gasteiger partial charge is 0.399 e. The van der Waals surface area contributed by atoms with Crippen molar-refractivity contribution in [3.05, 3.63) is 35.4 Å². The molecule has 0 radical (unpaired) electrons. The maximum atomic E-state index is 7.99. The molecule has 0 saturated carbocycles. The van der Waals surface area contributed by atoms with E-state index in [1.165, 1.54) is 4.57 Å². The fraction of sp³-hybridized carbons (Fsp3) is 0.429. The van der Waals surface area contributed by atoms with Gasteiger partial charge in [-0.1, -0.05) is 0 Å². The normalized spacial score (nSPS) is 21.3. The minimum Gasteiger partial charge on any atom is -0.399 e. The van der Waals surface area contributed by atoms with Gasteiger partial charge in [-0.2, -0.15) is 0 Å². The molecule has 2 aromatic rings. The van der Waals surface area contributed by atoms with Gasteiger partial charge in [0.1, 0.15) is 18.1 Å². The summed E-state index contributed by atoms with van der Waals surface area (Å²) in [4.78, 5) is 8.16. The lowest BCUT2D eigenvalue weighted by molar-refractivity contribution is 0.00578. The SMILES string of the molecule is [2H]c1nc(Br)c([2H])n1-c1cc(B2OC(C)(C)C(C)(C)O2)ccn1. The Morgan fingerprint density at radius 2 is 1.90 bits per heavy atom. The van der Waals surface area contributed by atoms with E-state index in [1.54, 1.807) is 12.3 Å². The van der Waals surface area contributed by atoms with Gasteiger partial charge in [-0.05, 0) is 61.2 Å². The van der Waals surface area contributed by atoms with Crippen LogP contribution in [0.25, 0.3) is 5.82 Å². The average molecular weight is 352 g/mol. The van der Waals surface area contributed by atoms with Gasteiger partial charge in [-0.25, -0.2) is 9.97 Å². The third kappa shape index (κ3) is 2.65. The van der Waals surface area contributed by atoms with E-state index in [0.29, 0.717) is 10.4 Å². The second-order valence-electron chi connectivity index (χ2n) is 5.99. The van der Waals surface area contributed by atoms with Crippen LogP contribution >= 0.6 is 15.9 Å². The number of halogens is 1. The van der Waals surface area contributed by atoms with E-state index in [2.05, 4.69) is 25.9 Å². The van der Waals surface area contributed by atoms with E-state index < -0.39 is 18.3 Å². The van der Waals surface area contributed by atoms with Crippen molar-refractivity contribution in [2.75, 3.05) is 0 Å². The lowest BCUT2D eigenvalue weighted by atomic mass is 9.80. The first-order valence-corrected chi connectivity index (χ1v) is 7.45. The van der Waals surface area contributed by atoms with Crippen LogP contribution in [0.15, 0.2) is 35.4 Å². The molecule has 1 fully saturated rings. The van der Waals surface area contributed by atoms with Crippen LogP contribution in [-0.4, -0.2) is 32.9 Å². The van der Waals surface area contributed by atoms with Gasteiger partial charge in [-0.3, -0.25) is 4.57 Å². The predicted molar refractivity (Wildman–Crippen MR) is 84.8 cm³/mol. The average Bonchev–Trinajstić information content (AvgIpc) is 2.83. The summed E-state index contributed by atoms with van der Waals surface area (Å²) >= 11 is 3.16. The molecule has 21 heavy (non-hydrogen) atoms. The third-order valence-corrected chi connectivity index (χ3v) is 4.33. The highest BCUT2D eigenvalue weighted by Gasteiger charge is 2.51. The molecule has 3 rings (SSSR count). The van der Waals surface area contributed by atoms with Crippen molar-refractivity contribution in [2.24, 2.45) is 0 Å². The Labute approximate surface area is 135 Å². The van der Waals surface area contributed by atoms with Crippen LogP contribution in [0.1, 0.15) is 30.4 Å². The van der Waals surface area contributed by atoms with Crippen molar-refractivity contribution >= 4 is 28.5 Å². The molecular formula is C14H17BBrN3O2. The fourth-order valence-corrected chi connectivity index (χ4v) is 2.28. The van der Waals surface area contributed by atoms with E-state index in [-0.39, 0.29) is 12.5 Å². The summed E-state index contributed by atoms with van der Waals surface area (Å²) in [6.07, 6.45) is 1.64. The molecule has 1 saturated heterocycles. The van der Waals surface area contributed by atoms with Gasteiger partial charge in [0.2, 0.25) is 0 Å². The Balaban J connectivity index is 1.99. The molecular weight excluding hydrogens is 333 g/mol. The second-order valence-corrected chi connectivity index (χ2v) is 6.74. The first-order chi connectivity index (χ1) is 10.6. The maximum Gasteiger partial charge on any atom is 0.495 e. The highest BCUT2D eigenvalue weighted by Crippen LogP contribution is 2.36. The van der Waals surface area contributed by atoms with Crippen LogP contribution in [0.2, 0.25) is 0 Å². The van der Waals surface area contributed by atoms with Gasteiger partial charge < -0.3 is 9.31 Å². The summed E-state index contributed by atoms with van der Waals surface area (Å²) in [6.45, 7) is 7.97. The quantitative estimate of drug-likeness (QED) is 0.779. The summed E-state index contributed by atoms with van der Waals surface area (Å²) in [7, 11) is -0.517. The zero-order valence-electron chi connectivity index (χ0n) is 14.3. The number of hydrogen-bond donors (Lipinski definition) is 0. The minimum absolute atomic E-state index is 0.0551. The molecule has 0 N–H and O–H groups in total. The molecule has 5 nitrogen and oxygen atoms in total. The highest BCUT2D eigenvalue weighted by atomic mass is 79.9. The summed E-state index contributed by atoms with van der Waals surface area (Å²) in [5, 5.41) is 0. The van der Waals surface area contributed by atoms with Crippen LogP contribution < -0.4 is 5.46 Å². The first kappa shape index (κ1) is 12.4. The van der Waals surface area contributed by atoms with Crippen molar-refractivity contribution < 1.29 is 12.1 Å². The van der Waals surface area contributed by atoms with Gasteiger partial charge in [0.15, 0.2) is 0 Å². The molecule has 3 heterocycles. The molecule has 7 heteroatoms. The molecule has 0 bridgehead atoms. The Morgan fingerprint density at radius 3 is 2.48 bits per heavy atom. The van der Waals surface area contributed by atoms with Crippen LogP contribution in [0.3, 0.4) is 0 Å². The summed E-state index contributed by atoms with van der Waals surface area (Å²) in [5.74, 6) is 0.436. The number of hydrogen-bond acceptors (Lipinski definition) is 4. The van der Waals surface area contributed by atoms with Gasteiger partial charge in [-0.15, -0.1) is 0 Å². The highest BCUT2D eigenvalue weighted by molar-refractivity contribution is 9.10. The molecule has 0 aromatic carbocycles. The zero-order valence-corrected chi connectivity index (χ0v) is 13.9. The molecule has 2 aromatic heterocycles.